The van der Waals surface area contributed by atoms with Gasteiger partial charge in [-0.3, -0.25) is 4.79 Å². The molecule has 3 heteroatoms. The molecule has 0 saturated carbocycles. The summed E-state index contributed by atoms with van der Waals surface area (Å²) in [5.74, 6) is 1.54. The van der Waals surface area contributed by atoms with E-state index in [2.05, 4.69) is 26.1 Å². The van der Waals surface area contributed by atoms with Crippen LogP contribution in [0.3, 0.4) is 0 Å². The Hall–Kier alpha value is -0.830. The molecule has 100 valence electrons. The van der Waals surface area contributed by atoms with Gasteiger partial charge in [0, 0.05) is 16.8 Å². The molecular formula is C15H23NOS. The van der Waals surface area contributed by atoms with Crippen molar-refractivity contribution in [3.05, 3.63) is 21.4 Å². The number of fused-ring (bicyclic) bond motifs is 1. The lowest BCUT2D eigenvalue weighted by Crippen LogP contribution is -2.26. The molecule has 0 bridgehead atoms. The first kappa shape index (κ1) is 13.6. The van der Waals surface area contributed by atoms with Crippen molar-refractivity contribution in [2.24, 2.45) is 11.8 Å². The van der Waals surface area contributed by atoms with Crippen LogP contribution in [0.1, 0.15) is 54.4 Å². The van der Waals surface area contributed by atoms with Crippen molar-refractivity contribution in [1.82, 2.24) is 5.32 Å². The van der Waals surface area contributed by atoms with E-state index in [-0.39, 0.29) is 5.91 Å². The standard InChI is InChI=1S/C15H23NOS/c1-10(2)6-7-16-15(17)13-9-18-14-8-11(3)4-5-12(13)14/h9-11H,4-8H2,1-3H3,(H,16,17). The van der Waals surface area contributed by atoms with Gasteiger partial charge >= 0.3 is 0 Å². The van der Waals surface area contributed by atoms with Crippen LogP contribution in [0.15, 0.2) is 5.38 Å². The number of carbonyl (C=O) groups excluding carboxylic acids is 1. The van der Waals surface area contributed by atoms with E-state index in [1.54, 1.807) is 11.3 Å². The zero-order valence-electron chi connectivity index (χ0n) is 11.6. The third kappa shape index (κ3) is 3.14. The van der Waals surface area contributed by atoms with E-state index >= 15 is 0 Å². The molecule has 2 nitrogen and oxygen atoms in total. The van der Waals surface area contributed by atoms with Crippen molar-refractivity contribution in [2.45, 2.75) is 46.5 Å². The molecule has 1 N–H and O–H groups in total. The first-order valence-electron chi connectivity index (χ1n) is 6.95. The second-order valence-electron chi connectivity index (χ2n) is 5.84. The molecule has 1 atom stereocenters. The molecule has 0 spiro atoms. The lowest BCUT2D eigenvalue weighted by molar-refractivity contribution is 0.0951. The van der Waals surface area contributed by atoms with E-state index in [0.717, 1.165) is 37.3 Å². The normalized spacial score (nSPS) is 18.8. The van der Waals surface area contributed by atoms with Gasteiger partial charge in [0.2, 0.25) is 0 Å². The van der Waals surface area contributed by atoms with Gasteiger partial charge in [0.05, 0.1) is 5.56 Å². The summed E-state index contributed by atoms with van der Waals surface area (Å²) in [5.41, 5.74) is 2.26. The zero-order valence-corrected chi connectivity index (χ0v) is 12.4. The molecule has 1 aliphatic carbocycles. The van der Waals surface area contributed by atoms with Gasteiger partial charge in [0.25, 0.3) is 5.91 Å². The lowest BCUT2D eigenvalue weighted by Gasteiger charge is -2.18. The topological polar surface area (TPSA) is 29.1 Å². The Bertz CT molecular complexity index is 422. The summed E-state index contributed by atoms with van der Waals surface area (Å²) in [6, 6.07) is 0. The van der Waals surface area contributed by atoms with Gasteiger partial charge in [-0.25, -0.2) is 0 Å². The largest absolute Gasteiger partial charge is 0.352 e. The third-order valence-corrected chi connectivity index (χ3v) is 4.70. The van der Waals surface area contributed by atoms with Crippen LogP contribution in [0.2, 0.25) is 0 Å². The fourth-order valence-electron chi connectivity index (χ4n) is 2.44. The molecule has 1 aliphatic rings. The average molecular weight is 265 g/mol. The molecule has 0 aliphatic heterocycles. The maximum Gasteiger partial charge on any atom is 0.252 e. The summed E-state index contributed by atoms with van der Waals surface area (Å²) >= 11 is 1.76. The summed E-state index contributed by atoms with van der Waals surface area (Å²) in [6.07, 6.45) is 4.50. The lowest BCUT2D eigenvalue weighted by atomic mass is 9.88. The second kappa shape index (κ2) is 5.87. The minimum Gasteiger partial charge on any atom is -0.352 e. The maximum atomic E-state index is 12.1. The highest BCUT2D eigenvalue weighted by Crippen LogP contribution is 2.32. The van der Waals surface area contributed by atoms with Gasteiger partial charge in [-0.2, -0.15) is 0 Å². The van der Waals surface area contributed by atoms with Crippen molar-refractivity contribution < 1.29 is 4.79 Å². The van der Waals surface area contributed by atoms with Crippen LogP contribution in [0.4, 0.5) is 0 Å². The molecule has 1 unspecified atom stereocenters. The second-order valence-corrected chi connectivity index (χ2v) is 6.80. The van der Waals surface area contributed by atoms with Crippen LogP contribution in [0.25, 0.3) is 0 Å². The number of carbonyl (C=O) groups is 1. The van der Waals surface area contributed by atoms with Crippen LogP contribution < -0.4 is 5.32 Å². The van der Waals surface area contributed by atoms with Gasteiger partial charge in [-0.15, -0.1) is 11.3 Å². The molecule has 0 saturated heterocycles. The summed E-state index contributed by atoms with van der Waals surface area (Å²) < 4.78 is 0. The number of rotatable bonds is 4. The van der Waals surface area contributed by atoms with E-state index in [0.29, 0.717) is 5.92 Å². The SMILES string of the molecule is CC(C)CCNC(=O)c1csc2c1CCC(C)C2. The summed E-state index contributed by atoms with van der Waals surface area (Å²) in [6.45, 7) is 7.45. The van der Waals surface area contributed by atoms with E-state index in [4.69, 9.17) is 0 Å². The smallest absolute Gasteiger partial charge is 0.252 e. The summed E-state index contributed by atoms with van der Waals surface area (Å²) in [5, 5.41) is 5.09. The molecular weight excluding hydrogens is 242 g/mol. The number of hydrogen-bond acceptors (Lipinski definition) is 2. The molecule has 0 radical (unpaired) electrons. The molecule has 0 fully saturated rings. The van der Waals surface area contributed by atoms with Gasteiger partial charge in [0.1, 0.15) is 0 Å². The third-order valence-electron chi connectivity index (χ3n) is 3.65. The van der Waals surface area contributed by atoms with E-state index in [9.17, 15) is 4.79 Å². The van der Waals surface area contributed by atoms with Gasteiger partial charge in [0.15, 0.2) is 0 Å². The highest BCUT2D eigenvalue weighted by atomic mass is 32.1. The van der Waals surface area contributed by atoms with E-state index < -0.39 is 0 Å². The first-order valence-corrected chi connectivity index (χ1v) is 7.83. The van der Waals surface area contributed by atoms with Gasteiger partial charge in [-0.1, -0.05) is 20.8 Å². The zero-order chi connectivity index (χ0) is 13.1. The number of amides is 1. The summed E-state index contributed by atoms with van der Waals surface area (Å²) in [7, 11) is 0. The molecule has 1 aromatic rings. The molecule has 0 aromatic carbocycles. The fourth-order valence-corrected chi connectivity index (χ4v) is 3.68. The minimum atomic E-state index is 0.128. The van der Waals surface area contributed by atoms with Crippen molar-refractivity contribution >= 4 is 17.2 Å². The highest BCUT2D eigenvalue weighted by Gasteiger charge is 2.22. The van der Waals surface area contributed by atoms with Crippen LogP contribution in [-0.2, 0) is 12.8 Å². The monoisotopic (exact) mass is 265 g/mol. The highest BCUT2D eigenvalue weighted by molar-refractivity contribution is 7.10. The Morgan fingerprint density at radius 1 is 1.56 bits per heavy atom. The maximum absolute atomic E-state index is 12.1. The quantitative estimate of drug-likeness (QED) is 0.884. The van der Waals surface area contributed by atoms with Crippen molar-refractivity contribution in [2.75, 3.05) is 6.54 Å². The Labute approximate surface area is 114 Å². The van der Waals surface area contributed by atoms with Gasteiger partial charge < -0.3 is 5.32 Å². The Balaban J connectivity index is 1.99. The van der Waals surface area contributed by atoms with Crippen LogP contribution in [-0.4, -0.2) is 12.5 Å². The summed E-state index contributed by atoms with van der Waals surface area (Å²) in [4.78, 5) is 13.6. The van der Waals surface area contributed by atoms with Gasteiger partial charge in [-0.05, 0) is 43.1 Å². The van der Waals surface area contributed by atoms with Crippen LogP contribution in [0, 0.1) is 11.8 Å². The predicted octanol–water partition coefficient (Wildman–Crippen LogP) is 3.65. The Morgan fingerprint density at radius 3 is 3.06 bits per heavy atom. The molecule has 1 heterocycles. The average Bonchev–Trinajstić information content (AvgIpc) is 2.71. The number of thiophene rings is 1. The number of nitrogens with one attached hydrogen (secondary N) is 1. The molecule has 1 amide bonds. The van der Waals surface area contributed by atoms with E-state index in [1.807, 2.05) is 5.38 Å². The minimum absolute atomic E-state index is 0.128. The fraction of sp³-hybridized carbons (Fsp3) is 0.667. The number of hydrogen-bond donors (Lipinski definition) is 1. The first-order chi connectivity index (χ1) is 8.58. The molecule has 1 aromatic heterocycles. The van der Waals surface area contributed by atoms with Crippen LogP contribution >= 0.6 is 11.3 Å². The van der Waals surface area contributed by atoms with Crippen LogP contribution in [0.5, 0.6) is 0 Å². The van der Waals surface area contributed by atoms with Crippen molar-refractivity contribution in [3.63, 3.8) is 0 Å². The van der Waals surface area contributed by atoms with Crippen molar-refractivity contribution in [1.29, 1.82) is 0 Å². The Kier molecular flexibility index (Phi) is 4.44. The van der Waals surface area contributed by atoms with Crippen molar-refractivity contribution in [3.8, 4) is 0 Å². The van der Waals surface area contributed by atoms with E-state index in [1.165, 1.54) is 16.9 Å². The molecule has 2 rings (SSSR count). The Morgan fingerprint density at radius 2 is 2.33 bits per heavy atom. The molecule has 18 heavy (non-hydrogen) atoms. The predicted molar refractivity (Wildman–Crippen MR) is 77.3 cm³/mol.